The fourth-order valence-corrected chi connectivity index (χ4v) is 3.21. The molecule has 0 saturated carbocycles. The van der Waals surface area contributed by atoms with Crippen molar-refractivity contribution in [1.82, 2.24) is 0 Å². The predicted octanol–water partition coefficient (Wildman–Crippen LogP) is 2.35. The molecule has 0 amide bonds. The summed E-state index contributed by atoms with van der Waals surface area (Å²) >= 11 is 0. The molecule has 9 nitrogen and oxygen atoms in total. The molecule has 2 unspecified atom stereocenters. The highest BCUT2D eigenvalue weighted by Crippen LogP contribution is 2.42. The van der Waals surface area contributed by atoms with Gasteiger partial charge in [-0.05, 0) is 20.8 Å². The smallest absolute Gasteiger partial charge is 0.336 e. The first kappa shape index (κ1) is 20.9. The molecule has 1 aromatic rings. The number of carbonyl (C=O) groups excluding carboxylic acids is 3. The second-order valence-corrected chi connectivity index (χ2v) is 5.91. The zero-order valence-electron chi connectivity index (χ0n) is 15.7. The summed E-state index contributed by atoms with van der Waals surface area (Å²) in [4.78, 5) is 51.9. The van der Waals surface area contributed by atoms with Gasteiger partial charge in [0, 0.05) is 23.3 Å². The SMILES string of the molecule is CCOC(=O)C1=C(C=O)N=C(C)C(C(=O)OCC)C1c1ccccc1[N+](=O)[O-]. The normalized spacial score (nSPS) is 18.9. The third kappa shape index (κ3) is 3.98. The van der Waals surface area contributed by atoms with Crippen molar-refractivity contribution in [3.05, 3.63) is 51.2 Å². The zero-order valence-corrected chi connectivity index (χ0v) is 15.7. The van der Waals surface area contributed by atoms with Crippen LogP contribution in [0.15, 0.2) is 40.5 Å². The lowest BCUT2D eigenvalue weighted by Crippen LogP contribution is -2.37. The fourth-order valence-electron chi connectivity index (χ4n) is 3.21. The molecule has 0 saturated heterocycles. The van der Waals surface area contributed by atoms with Gasteiger partial charge in [0.25, 0.3) is 5.69 Å². The summed E-state index contributed by atoms with van der Waals surface area (Å²) in [6.45, 7) is 4.80. The number of nitro benzene ring substituents is 1. The molecule has 1 aromatic carbocycles. The molecule has 1 aliphatic rings. The summed E-state index contributed by atoms with van der Waals surface area (Å²) in [6.07, 6.45) is 0.374. The first-order valence-corrected chi connectivity index (χ1v) is 8.68. The van der Waals surface area contributed by atoms with Gasteiger partial charge in [-0.25, -0.2) is 4.79 Å². The van der Waals surface area contributed by atoms with Gasteiger partial charge in [0.1, 0.15) is 11.6 Å². The van der Waals surface area contributed by atoms with E-state index in [-0.39, 0.29) is 41.4 Å². The van der Waals surface area contributed by atoms with Crippen LogP contribution in [0.3, 0.4) is 0 Å². The van der Waals surface area contributed by atoms with Crippen LogP contribution in [-0.2, 0) is 23.9 Å². The number of para-hydroxylation sites is 1. The van der Waals surface area contributed by atoms with Gasteiger partial charge < -0.3 is 9.47 Å². The highest BCUT2D eigenvalue weighted by Gasteiger charge is 2.45. The number of carbonyl (C=O) groups is 3. The molecule has 1 heterocycles. The maximum absolute atomic E-state index is 12.7. The number of hydrogen-bond acceptors (Lipinski definition) is 8. The molecule has 0 spiro atoms. The molecule has 9 heteroatoms. The predicted molar refractivity (Wildman–Crippen MR) is 98.8 cm³/mol. The van der Waals surface area contributed by atoms with E-state index in [1.165, 1.54) is 25.1 Å². The van der Waals surface area contributed by atoms with Crippen LogP contribution in [0.4, 0.5) is 5.69 Å². The van der Waals surface area contributed by atoms with Crippen LogP contribution in [-0.4, -0.2) is 42.1 Å². The number of nitro groups is 1. The van der Waals surface area contributed by atoms with E-state index in [9.17, 15) is 24.5 Å². The van der Waals surface area contributed by atoms with E-state index >= 15 is 0 Å². The molecule has 0 N–H and O–H groups in total. The topological polar surface area (TPSA) is 125 Å². The van der Waals surface area contributed by atoms with E-state index < -0.39 is 28.7 Å². The van der Waals surface area contributed by atoms with Crippen LogP contribution in [0.25, 0.3) is 0 Å². The molecule has 148 valence electrons. The number of rotatable bonds is 7. The third-order valence-corrected chi connectivity index (χ3v) is 4.28. The van der Waals surface area contributed by atoms with Crippen molar-refractivity contribution in [3.8, 4) is 0 Å². The Morgan fingerprint density at radius 3 is 2.43 bits per heavy atom. The Hall–Kier alpha value is -3.36. The van der Waals surface area contributed by atoms with Crippen LogP contribution < -0.4 is 0 Å². The number of aliphatic imine (C=N–C) groups is 1. The molecule has 1 aliphatic heterocycles. The molecule has 0 aromatic heterocycles. The highest BCUT2D eigenvalue weighted by atomic mass is 16.6. The van der Waals surface area contributed by atoms with E-state index in [1.807, 2.05) is 0 Å². The minimum atomic E-state index is -1.14. The van der Waals surface area contributed by atoms with Gasteiger partial charge in [0.05, 0.1) is 23.7 Å². The Labute approximate surface area is 161 Å². The van der Waals surface area contributed by atoms with E-state index in [1.54, 1.807) is 19.9 Å². The molecule has 0 radical (unpaired) electrons. The lowest BCUT2D eigenvalue weighted by atomic mass is 9.75. The van der Waals surface area contributed by atoms with Crippen LogP contribution in [0.2, 0.25) is 0 Å². The first-order valence-electron chi connectivity index (χ1n) is 8.68. The Balaban J connectivity index is 2.80. The summed E-state index contributed by atoms with van der Waals surface area (Å²) in [5.74, 6) is -3.81. The monoisotopic (exact) mass is 388 g/mol. The average molecular weight is 388 g/mol. The number of nitrogens with zero attached hydrogens (tertiary/aromatic N) is 2. The van der Waals surface area contributed by atoms with Gasteiger partial charge >= 0.3 is 11.9 Å². The Morgan fingerprint density at radius 2 is 1.86 bits per heavy atom. The Bertz CT molecular complexity index is 873. The van der Waals surface area contributed by atoms with Gasteiger partial charge in [-0.15, -0.1) is 0 Å². The number of aldehydes is 1. The molecular weight excluding hydrogens is 368 g/mol. The third-order valence-electron chi connectivity index (χ3n) is 4.28. The standard InChI is InChI=1S/C19H20N2O7/c1-4-27-18(23)15-11(3)20-13(10-22)17(19(24)28-5-2)16(15)12-8-6-7-9-14(12)21(25)26/h6-10,15-16H,4-5H2,1-3H3. The largest absolute Gasteiger partial charge is 0.465 e. The van der Waals surface area contributed by atoms with Crippen LogP contribution in [0, 0.1) is 16.0 Å². The summed E-state index contributed by atoms with van der Waals surface area (Å²) in [5, 5.41) is 11.6. The lowest BCUT2D eigenvalue weighted by molar-refractivity contribution is -0.385. The fraction of sp³-hybridized carbons (Fsp3) is 0.368. The summed E-state index contributed by atoms with van der Waals surface area (Å²) in [7, 11) is 0. The highest BCUT2D eigenvalue weighted by molar-refractivity contribution is 6.09. The van der Waals surface area contributed by atoms with Crippen molar-refractivity contribution >= 4 is 29.6 Å². The van der Waals surface area contributed by atoms with Gasteiger partial charge in [-0.2, -0.15) is 0 Å². The maximum Gasteiger partial charge on any atom is 0.336 e. The number of hydrogen-bond donors (Lipinski definition) is 0. The van der Waals surface area contributed by atoms with Crippen molar-refractivity contribution in [2.45, 2.75) is 26.7 Å². The van der Waals surface area contributed by atoms with Gasteiger partial charge in [-0.3, -0.25) is 24.7 Å². The van der Waals surface area contributed by atoms with Crippen LogP contribution in [0.5, 0.6) is 0 Å². The van der Waals surface area contributed by atoms with E-state index in [0.29, 0.717) is 6.29 Å². The van der Waals surface area contributed by atoms with Crippen molar-refractivity contribution in [2.24, 2.45) is 10.9 Å². The van der Waals surface area contributed by atoms with Crippen molar-refractivity contribution in [1.29, 1.82) is 0 Å². The summed E-state index contributed by atoms with van der Waals surface area (Å²) < 4.78 is 10.2. The molecule has 28 heavy (non-hydrogen) atoms. The Morgan fingerprint density at radius 1 is 1.21 bits per heavy atom. The van der Waals surface area contributed by atoms with Crippen molar-refractivity contribution in [3.63, 3.8) is 0 Å². The lowest BCUT2D eigenvalue weighted by Gasteiger charge is -2.30. The second kappa shape index (κ2) is 9.03. The maximum atomic E-state index is 12.7. The van der Waals surface area contributed by atoms with Gasteiger partial charge in [0.2, 0.25) is 0 Å². The number of allylic oxidation sites excluding steroid dienone is 1. The molecule has 0 fully saturated rings. The quantitative estimate of drug-likeness (QED) is 0.304. The minimum Gasteiger partial charge on any atom is -0.465 e. The summed E-state index contributed by atoms with van der Waals surface area (Å²) in [6, 6.07) is 5.73. The minimum absolute atomic E-state index is 0.0187. The van der Waals surface area contributed by atoms with E-state index in [0.717, 1.165) is 0 Å². The summed E-state index contributed by atoms with van der Waals surface area (Å²) in [5.41, 5.74) is -0.392. The first-order chi connectivity index (χ1) is 13.4. The van der Waals surface area contributed by atoms with Crippen LogP contribution in [0.1, 0.15) is 32.3 Å². The molecule has 2 atom stereocenters. The van der Waals surface area contributed by atoms with E-state index in [4.69, 9.17) is 9.47 Å². The number of ether oxygens (including phenoxy) is 2. The number of esters is 2. The number of benzene rings is 1. The molecule has 0 bridgehead atoms. The van der Waals surface area contributed by atoms with Gasteiger partial charge in [0.15, 0.2) is 6.29 Å². The van der Waals surface area contributed by atoms with Crippen molar-refractivity contribution < 1.29 is 28.8 Å². The molecule has 2 rings (SSSR count). The Kier molecular flexibility index (Phi) is 6.75. The van der Waals surface area contributed by atoms with Gasteiger partial charge in [-0.1, -0.05) is 18.2 Å². The molecular formula is C19H20N2O7. The average Bonchev–Trinajstić information content (AvgIpc) is 2.67. The zero-order chi connectivity index (χ0) is 20.8. The molecule has 0 aliphatic carbocycles. The van der Waals surface area contributed by atoms with E-state index in [2.05, 4.69) is 4.99 Å². The second-order valence-electron chi connectivity index (χ2n) is 5.91. The van der Waals surface area contributed by atoms with Crippen molar-refractivity contribution in [2.75, 3.05) is 13.2 Å². The van der Waals surface area contributed by atoms with Crippen LogP contribution >= 0.6 is 0 Å².